The molecule has 2 aromatic heterocycles. The van der Waals surface area contributed by atoms with Gasteiger partial charge < -0.3 is 19.4 Å². The van der Waals surface area contributed by atoms with Crippen molar-refractivity contribution in [2.24, 2.45) is 5.41 Å². The van der Waals surface area contributed by atoms with Crippen molar-refractivity contribution in [1.82, 2.24) is 34.2 Å². The number of hydrogen-bond donors (Lipinski definition) is 1. The zero-order chi connectivity index (χ0) is 22.7. The van der Waals surface area contributed by atoms with Gasteiger partial charge in [0.25, 0.3) is 0 Å². The highest BCUT2D eigenvalue weighted by molar-refractivity contribution is 5.76. The zero-order valence-corrected chi connectivity index (χ0v) is 20.1. The van der Waals surface area contributed by atoms with Gasteiger partial charge in [0.2, 0.25) is 5.91 Å². The first-order chi connectivity index (χ1) is 16.1. The molecule has 0 radical (unpaired) electrons. The van der Waals surface area contributed by atoms with Gasteiger partial charge in [-0.25, -0.2) is 9.97 Å². The number of nitrogens with zero attached hydrogens (tertiary/aromatic N) is 6. The predicted molar refractivity (Wildman–Crippen MR) is 127 cm³/mol. The SMILES string of the molecule is CN(Cc1ncc[nH]1)Cc1nccn1CC(=O)N1CCC2(CCN(C3CCCCC3)CC2)C1. The van der Waals surface area contributed by atoms with Crippen LogP contribution in [0.2, 0.25) is 0 Å². The van der Waals surface area contributed by atoms with Crippen molar-refractivity contribution in [3.63, 3.8) is 0 Å². The number of aromatic amines is 1. The second-order valence-corrected chi connectivity index (χ2v) is 10.6. The molecular formula is C25H39N7O. The average Bonchev–Trinajstić information content (AvgIpc) is 3.58. The number of likely N-dealkylation sites (tertiary alicyclic amines) is 2. The zero-order valence-electron chi connectivity index (χ0n) is 20.1. The van der Waals surface area contributed by atoms with Crippen LogP contribution in [0.1, 0.15) is 63.0 Å². The van der Waals surface area contributed by atoms with Crippen LogP contribution in [0.15, 0.2) is 24.8 Å². The molecule has 0 aromatic carbocycles. The van der Waals surface area contributed by atoms with Crippen molar-refractivity contribution in [3.8, 4) is 0 Å². The van der Waals surface area contributed by atoms with Gasteiger partial charge in [-0.3, -0.25) is 9.69 Å². The molecule has 0 bridgehead atoms. The maximum absolute atomic E-state index is 13.2. The number of rotatable bonds is 7. The monoisotopic (exact) mass is 453 g/mol. The number of carbonyl (C=O) groups is 1. The molecule has 33 heavy (non-hydrogen) atoms. The average molecular weight is 454 g/mol. The molecule has 1 saturated carbocycles. The summed E-state index contributed by atoms with van der Waals surface area (Å²) in [7, 11) is 2.05. The van der Waals surface area contributed by atoms with Crippen molar-refractivity contribution >= 4 is 5.91 Å². The Morgan fingerprint density at radius 1 is 1.09 bits per heavy atom. The number of piperidine rings is 1. The van der Waals surface area contributed by atoms with E-state index < -0.39 is 0 Å². The van der Waals surface area contributed by atoms with Crippen LogP contribution < -0.4 is 0 Å². The van der Waals surface area contributed by atoms with Crippen LogP contribution in [0, 0.1) is 5.41 Å². The van der Waals surface area contributed by atoms with Gasteiger partial charge in [-0.05, 0) is 57.7 Å². The minimum atomic E-state index is 0.231. The molecule has 1 amide bonds. The van der Waals surface area contributed by atoms with Gasteiger partial charge in [-0.2, -0.15) is 0 Å². The van der Waals surface area contributed by atoms with E-state index in [1.807, 2.05) is 24.0 Å². The minimum Gasteiger partial charge on any atom is -0.348 e. The Bertz CT molecular complexity index is 894. The largest absolute Gasteiger partial charge is 0.348 e. The second-order valence-electron chi connectivity index (χ2n) is 10.6. The normalized spacial score (nSPS) is 21.9. The fraction of sp³-hybridized carbons (Fsp3) is 0.720. The molecule has 2 aromatic rings. The lowest BCUT2D eigenvalue weighted by Crippen LogP contribution is -2.47. The highest BCUT2D eigenvalue weighted by atomic mass is 16.2. The van der Waals surface area contributed by atoms with Gasteiger partial charge in [0.05, 0.1) is 13.1 Å². The van der Waals surface area contributed by atoms with Crippen LogP contribution in [0.25, 0.3) is 0 Å². The minimum absolute atomic E-state index is 0.231. The second kappa shape index (κ2) is 9.97. The summed E-state index contributed by atoms with van der Waals surface area (Å²) in [6, 6.07) is 0.820. The highest BCUT2D eigenvalue weighted by Gasteiger charge is 2.42. The van der Waals surface area contributed by atoms with E-state index in [1.54, 1.807) is 12.4 Å². The third kappa shape index (κ3) is 5.32. The van der Waals surface area contributed by atoms with E-state index in [2.05, 4.69) is 29.7 Å². The Hall–Kier alpha value is -2.19. The van der Waals surface area contributed by atoms with Gasteiger partial charge >= 0.3 is 0 Å². The van der Waals surface area contributed by atoms with Gasteiger partial charge in [0, 0.05) is 43.9 Å². The van der Waals surface area contributed by atoms with Crippen molar-refractivity contribution in [2.75, 3.05) is 33.2 Å². The molecule has 4 heterocycles. The number of H-pyrrole nitrogens is 1. The van der Waals surface area contributed by atoms with E-state index >= 15 is 0 Å². The molecule has 0 atom stereocenters. The fourth-order valence-corrected chi connectivity index (χ4v) is 6.18. The number of aromatic nitrogens is 4. The summed E-state index contributed by atoms with van der Waals surface area (Å²) >= 11 is 0. The Morgan fingerprint density at radius 2 is 1.88 bits per heavy atom. The first-order valence-corrected chi connectivity index (χ1v) is 12.8. The van der Waals surface area contributed by atoms with Crippen molar-refractivity contribution in [3.05, 3.63) is 36.4 Å². The van der Waals surface area contributed by atoms with E-state index in [-0.39, 0.29) is 5.91 Å². The molecule has 2 aliphatic heterocycles. The van der Waals surface area contributed by atoms with Gasteiger partial charge in [0.15, 0.2) is 0 Å². The van der Waals surface area contributed by atoms with Crippen LogP contribution >= 0.6 is 0 Å². The molecule has 8 nitrogen and oxygen atoms in total. The maximum Gasteiger partial charge on any atom is 0.242 e. The third-order valence-electron chi connectivity index (χ3n) is 8.23. The Balaban J connectivity index is 1.12. The van der Waals surface area contributed by atoms with Gasteiger partial charge in [-0.1, -0.05) is 19.3 Å². The standard InChI is InChI=1S/C25H39N7O/c1-29(17-22-26-10-11-27-22)18-23-28-12-16-31(23)19-24(33)32-15-9-25(20-32)7-13-30(14-8-25)21-5-3-2-4-6-21/h10-12,16,21H,2-9,13-15,17-20H2,1H3,(H,26,27). The van der Waals surface area contributed by atoms with E-state index in [1.165, 1.54) is 64.5 Å². The molecule has 5 rings (SSSR count). The molecular weight excluding hydrogens is 414 g/mol. The van der Waals surface area contributed by atoms with Crippen LogP contribution in [-0.2, 0) is 24.4 Å². The van der Waals surface area contributed by atoms with Crippen LogP contribution in [-0.4, -0.2) is 79.4 Å². The van der Waals surface area contributed by atoms with E-state index in [0.29, 0.717) is 18.5 Å². The van der Waals surface area contributed by atoms with Crippen LogP contribution in [0.3, 0.4) is 0 Å². The summed E-state index contributed by atoms with van der Waals surface area (Å²) in [6.45, 7) is 6.08. The van der Waals surface area contributed by atoms with Crippen LogP contribution in [0.5, 0.6) is 0 Å². The molecule has 3 aliphatic rings. The number of imidazole rings is 2. The van der Waals surface area contributed by atoms with Crippen molar-refractivity contribution < 1.29 is 4.79 Å². The fourth-order valence-electron chi connectivity index (χ4n) is 6.18. The smallest absolute Gasteiger partial charge is 0.242 e. The molecule has 3 fully saturated rings. The first-order valence-electron chi connectivity index (χ1n) is 12.8. The van der Waals surface area contributed by atoms with Gasteiger partial charge in [-0.15, -0.1) is 0 Å². The molecule has 8 heteroatoms. The lowest BCUT2D eigenvalue weighted by atomic mass is 9.77. The summed E-state index contributed by atoms with van der Waals surface area (Å²) in [6.07, 6.45) is 18.0. The number of amides is 1. The summed E-state index contributed by atoms with van der Waals surface area (Å²) in [5, 5.41) is 0. The quantitative estimate of drug-likeness (QED) is 0.698. The lowest BCUT2D eigenvalue weighted by molar-refractivity contribution is -0.131. The van der Waals surface area contributed by atoms with Gasteiger partial charge in [0.1, 0.15) is 18.2 Å². The number of hydrogen-bond acceptors (Lipinski definition) is 5. The number of carbonyl (C=O) groups excluding carboxylic acids is 1. The topological polar surface area (TPSA) is 73.3 Å². The summed E-state index contributed by atoms with van der Waals surface area (Å²) in [4.78, 5) is 32.2. The molecule has 1 N–H and O–H groups in total. The molecule has 1 aliphatic carbocycles. The first kappa shape index (κ1) is 22.6. The summed E-state index contributed by atoms with van der Waals surface area (Å²) < 4.78 is 2.01. The summed E-state index contributed by atoms with van der Waals surface area (Å²) in [5.41, 5.74) is 0.349. The van der Waals surface area contributed by atoms with E-state index in [9.17, 15) is 4.79 Å². The van der Waals surface area contributed by atoms with Crippen molar-refractivity contribution in [2.45, 2.75) is 77.0 Å². The third-order valence-corrected chi connectivity index (χ3v) is 8.23. The summed E-state index contributed by atoms with van der Waals surface area (Å²) in [5.74, 6) is 2.09. The molecule has 1 spiro atoms. The highest BCUT2D eigenvalue weighted by Crippen LogP contribution is 2.41. The Kier molecular flexibility index (Phi) is 6.83. The Morgan fingerprint density at radius 3 is 2.64 bits per heavy atom. The van der Waals surface area contributed by atoms with Crippen LogP contribution in [0.4, 0.5) is 0 Å². The molecule has 180 valence electrons. The molecule has 0 unspecified atom stereocenters. The predicted octanol–water partition coefficient (Wildman–Crippen LogP) is 2.89. The Labute approximate surface area is 197 Å². The van der Waals surface area contributed by atoms with E-state index in [0.717, 1.165) is 37.3 Å². The van der Waals surface area contributed by atoms with Crippen molar-refractivity contribution in [1.29, 1.82) is 0 Å². The van der Waals surface area contributed by atoms with E-state index in [4.69, 9.17) is 0 Å². The number of nitrogens with one attached hydrogen (secondary N) is 1. The molecule has 2 saturated heterocycles. The maximum atomic E-state index is 13.2. The lowest BCUT2D eigenvalue weighted by Gasteiger charge is -2.43.